The predicted octanol–water partition coefficient (Wildman–Crippen LogP) is 4.00. The molecular formula is C28H30N4O3. The van der Waals surface area contributed by atoms with Crippen molar-refractivity contribution in [3.63, 3.8) is 0 Å². The largest absolute Gasteiger partial charge is 0.497 e. The Kier molecular flexibility index (Phi) is 7.07. The van der Waals surface area contributed by atoms with Gasteiger partial charge in [0.05, 0.1) is 26.4 Å². The van der Waals surface area contributed by atoms with Crippen molar-refractivity contribution in [2.75, 3.05) is 26.7 Å². The lowest BCUT2D eigenvalue weighted by Crippen LogP contribution is -2.37. The maximum absolute atomic E-state index is 13.4. The third-order valence-corrected chi connectivity index (χ3v) is 6.41. The number of fused-ring (bicyclic) bond motifs is 1. The van der Waals surface area contributed by atoms with Crippen LogP contribution in [0.1, 0.15) is 16.7 Å². The molecule has 180 valence electrons. The zero-order chi connectivity index (χ0) is 24.0. The van der Waals surface area contributed by atoms with Crippen LogP contribution in [0.25, 0.3) is 10.9 Å². The number of hydrogen-bond acceptors (Lipinski definition) is 5. The van der Waals surface area contributed by atoms with Gasteiger partial charge in [-0.2, -0.15) is 0 Å². The fourth-order valence-electron chi connectivity index (χ4n) is 4.58. The smallest absolute Gasteiger partial charge is 0.237 e. The van der Waals surface area contributed by atoms with E-state index in [9.17, 15) is 4.79 Å². The van der Waals surface area contributed by atoms with Gasteiger partial charge in [0.1, 0.15) is 5.75 Å². The van der Waals surface area contributed by atoms with Crippen LogP contribution in [0, 0.1) is 0 Å². The highest BCUT2D eigenvalue weighted by atomic mass is 16.5. The van der Waals surface area contributed by atoms with E-state index in [2.05, 4.69) is 27.0 Å². The first-order valence-corrected chi connectivity index (χ1v) is 11.9. The Morgan fingerprint density at radius 2 is 1.86 bits per heavy atom. The summed E-state index contributed by atoms with van der Waals surface area (Å²) in [7, 11) is 1.65. The minimum Gasteiger partial charge on any atom is -0.497 e. The number of carbonyl (C=O) groups is 1. The molecule has 0 bridgehead atoms. The van der Waals surface area contributed by atoms with Gasteiger partial charge in [-0.25, -0.2) is 0 Å². The maximum Gasteiger partial charge on any atom is 0.237 e. The van der Waals surface area contributed by atoms with Crippen LogP contribution < -0.4 is 4.74 Å². The maximum atomic E-state index is 13.4. The molecule has 0 aliphatic carbocycles. The highest BCUT2D eigenvalue weighted by Gasteiger charge is 2.29. The minimum absolute atomic E-state index is 0.105. The molecule has 1 fully saturated rings. The molecule has 4 aromatic rings. The van der Waals surface area contributed by atoms with Gasteiger partial charge in [0.25, 0.3) is 0 Å². The van der Waals surface area contributed by atoms with E-state index in [1.54, 1.807) is 13.3 Å². The predicted molar refractivity (Wildman–Crippen MR) is 135 cm³/mol. The number of nitrogens with one attached hydrogen (secondary N) is 1. The van der Waals surface area contributed by atoms with Gasteiger partial charge in [-0.1, -0.05) is 36.4 Å². The summed E-state index contributed by atoms with van der Waals surface area (Å²) >= 11 is 0. The second kappa shape index (κ2) is 10.7. The first-order chi connectivity index (χ1) is 17.2. The Labute approximate surface area is 205 Å². The molecule has 2 aromatic carbocycles. The summed E-state index contributed by atoms with van der Waals surface area (Å²) in [4.78, 5) is 25.0. The Hall–Kier alpha value is -3.68. The number of aromatic amines is 1. The fourth-order valence-corrected chi connectivity index (χ4v) is 4.58. The number of amides is 1. The van der Waals surface area contributed by atoms with E-state index in [1.165, 1.54) is 10.9 Å². The Balaban J connectivity index is 1.34. The van der Waals surface area contributed by atoms with Crippen LogP contribution >= 0.6 is 0 Å². The number of methoxy groups -OCH3 is 1. The van der Waals surface area contributed by atoms with E-state index in [4.69, 9.17) is 9.47 Å². The van der Waals surface area contributed by atoms with Crippen molar-refractivity contribution in [3.05, 3.63) is 95.9 Å². The van der Waals surface area contributed by atoms with Gasteiger partial charge in [-0.3, -0.25) is 14.7 Å². The Morgan fingerprint density at radius 3 is 2.66 bits per heavy atom. The lowest BCUT2D eigenvalue weighted by molar-refractivity contribution is -0.132. The first-order valence-electron chi connectivity index (χ1n) is 11.9. The lowest BCUT2D eigenvalue weighted by Gasteiger charge is -2.25. The van der Waals surface area contributed by atoms with Crippen molar-refractivity contribution in [1.82, 2.24) is 19.8 Å². The van der Waals surface area contributed by atoms with Crippen LogP contribution in [-0.2, 0) is 29.2 Å². The molecule has 2 aromatic heterocycles. The topological polar surface area (TPSA) is 70.7 Å². The van der Waals surface area contributed by atoms with Crippen molar-refractivity contribution in [2.24, 2.45) is 0 Å². The van der Waals surface area contributed by atoms with Gasteiger partial charge in [-0.15, -0.1) is 0 Å². The van der Waals surface area contributed by atoms with Crippen molar-refractivity contribution in [2.45, 2.75) is 25.8 Å². The highest BCUT2D eigenvalue weighted by molar-refractivity contribution is 5.83. The summed E-state index contributed by atoms with van der Waals surface area (Å²) in [6.07, 6.45) is 5.50. The van der Waals surface area contributed by atoms with Gasteiger partial charge >= 0.3 is 0 Å². The van der Waals surface area contributed by atoms with Gasteiger partial charge in [-0.05, 0) is 41.0 Å². The number of aromatic nitrogens is 2. The van der Waals surface area contributed by atoms with Gasteiger partial charge in [0.2, 0.25) is 5.91 Å². The number of rotatable bonds is 8. The molecule has 3 heterocycles. The quantitative estimate of drug-likeness (QED) is 0.422. The summed E-state index contributed by atoms with van der Waals surface area (Å²) in [6.45, 7) is 3.24. The molecule has 7 nitrogen and oxygen atoms in total. The summed E-state index contributed by atoms with van der Waals surface area (Å²) in [5.41, 5.74) is 4.38. The average Bonchev–Trinajstić information content (AvgIpc) is 3.23. The van der Waals surface area contributed by atoms with Gasteiger partial charge in [0, 0.05) is 55.7 Å². The van der Waals surface area contributed by atoms with Crippen LogP contribution in [0.4, 0.5) is 0 Å². The Morgan fingerprint density at radius 1 is 1.00 bits per heavy atom. The summed E-state index contributed by atoms with van der Waals surface area (Å²) < 4.78 is 11.6. The van der Waals surface area contributed by atoms with E-state index in [0.717, 1.165) is 22.4 Å². The second-order valence-corrected chi connectivity index (χ2v) is 8.95. The van der Waals surface area contributed by atoms with Gasteiger partial charge < -0.3 is 19.4 Å². The van der Waals surface area contributed by atoms with Crippen molar-refractivity contribution in [3.8, 4) is 5.75 Å². The monoisotopic (exact) mass is 470 g/mol. The molecule has 0 spiro atoms. The average molecular weight is 471 g/mol. The number of pyridine rings is 1. The molecule has 1 aliphatic heterocycles. The van der Waals surface area contributed by atoms with E-state index in [0.29, 0.717) is 39.3 Å². The minimum atomic E-state index is -0.120. The number of H-pyrrole nitrogens is 1. The third-order valence-electron chi connectivity index (χ3n) is 6.41. The van der Waals surface area contributed by atoms with E-state index in [1.807, 2.05) is 65.8 Å². The molecule has 1 aliphatic rings. The molecule has 1 N–H and O–H groups in total. The fraction of sp³-hybridized carbons (Fsp3) is 0.286. The first kappa shape index (κ1) is 23.1. The zero-order valence-corrected chi connectivity index (χ0v) is 19.9. The van der Waals surface area contributed by atoms with E-state index >= 15 is 0 Å². The SMILES string of the molecule is COc1ccc(CN2CC(OCc3cccnc3)CN(Cc3c[nH]c4ccccc34)CC2=O)cc1. The molecule has 1 amide bonds. The van der Waals surface area contributed by atoms with Crippen LogP contribution in [0.2, 0.25) is 0 Å². The van der Waals surface area contributed by atoms with Crippen LogP contribution in [-0.4, -0.2) is 58.5 Å². The molecule has 1 atom stereocenters. The van der Waals surface area contributed by atoms with E-state index < -0.39 is 0 Å². The van der Waals surface area contributed by atoms with Crippen LogP contribution in [0.3, 0.4) is 0 Å². The second-order valence-electron chi connectivity index (χ2n) is 8.95. The normalized spacial score (nSPS) is 17.0. The molecule has 1 unspecified atom stereocenters. The Bertz CT molecular complexity index is 1260. The van der Waals surface area contributed by atoms with Crippen molar-refractivity contribution < 1.29 is 14.3 Å². The van der Waals surface area contributed by atoms with Crippen molar-refractivity contribution in [1.29, 1.82) is 0 Å². The summed E-state index contributed by atoms with van der Waals surface area (Å²) in [6, 6.07) is 20.0. The lowest BCUT2D eigenvalue weighted by atomic mass is 10.1. The molecule has 0 radical (unpaired) electrons. The highest BCUT2D eigenvalue weighted by Crippen LogP contribution is 2.22. The number of benzene rings is 2. The van der Waals surface area contributed by atoms with Crippen LogP contribution in [0.5, 0.6) is 5.75 Å². The molecule has 5 rings (SSSR count). The molecule has 7 heteroatoms. The zero-order valence-electron chi connectivity index (χ0n) is 19.9. The number of para-hydroxylation sites is 1. The standard InChI is InChI=1S/C28H30N4O3/c1-34-24-10-8-21(9-11-24)15-32-18-25(35-20-22-5-4-12-29-13-22)17-31(19-28(32)33)16-23-14-30-27-7-3-2-6-26(23)27/h2-14,25,30H,15-20H2,1H3. The van der Waals surface area contributed by atoms with Crippen LogP contribution in [0.15, 0.2) is 79.3 Å². The van der Waals surface area contributed by atoms with Gasteiger partial charge in [0.15, 0.2) is 0 Å². The summed E-state index contributed by atoms with van der Waals surface area (Å²) in [5, 5.41) is 1.19. The number of ether oxygens (including phenoxy) is 2. The number of hydrogen-bond donors (Lipinski definition) is 1. The molecular weight excluding hydrogens is 440 g/mol. The summed E-state index contributed by atoms with van der Waals surface area (Å²) in [5.74, 6) is 0.909. The molecule has 1 saturated heterocycles. The number of nitrogens with zero attached hydrogens (tertiary/aromatic N) is 3. The third kappa shape index (κ3) is 5.70. The van der Waals surface area contributed by atoms with Crippen molar-refractivity contribution >= 4 is 16.8 Å². The molecule has 0 saturated carbocycles. The number of carbonyl (C=O) groups excluding carboxylic acids is 1. The molecule has 35 heavy (non-hydrogen) atoms. The van der Waals surface area contributed by atoms with E-state index in [-0.39, 0.29) is 12.0 Å².